The average molecular weight is 423 g/mol. The Labute approximate surface area is 178 Å². The van der Waals surface area contributed by atoms with Crippen LogP contribution >= 0.6 is 11.6 Å². The summed E-state index contributed by atoms with van der Waals surface area (Å²) >= 11 is 6.31. The Morgan fingerprint density at radius 1 is 1.10 bits per heavy atom. The van der Waals surface area contributed by atoms with Crippen molar-refractivity contribution in [1.82, 2.24) is 25.1 Å². The Morgan fingerprint density at radius 2 is 1.90 bits per heavy atom. The van der Waals surface area contributed by atoms with Crippen LogP contribution in [0.1, 0.15) is 17.4 Å². The quantitative estimate of drug-likeness (QED) is 0.491. The summed E-state index contributed by atoms with van der Waals surface area (Å²) in [7, 11) is 3.99. The molecule has 0 saturated carbocycles. The van der Waals surface area contributed by atoms with Gasteiger partial charge in [-0.05, 0) is 30.3 Å². The minimum absolute atomic E-state index is 0.184. The molecule has 0 N–H and O–H groups in total. The number of anilines is 1. The highest BCUT2D eigenvalue weighted by atomic mass is 35.5. The highest BCUT2D eigenvalue weighted by Crippen LogP contribution is 2.33. The summed E-state index contributed by atoms with van der Waals surface area (Å²) in [6.07, 6.45) is -0.184. The van der Waals surface area contributed by atoms with Crippen LogP contribution < -0.4 is 4.90 Å². The summed E-state index contributed by atoms with van der Waals surface area (Å²) in [6, 6.07) is 15.6. The van der Waals surface area contributed by atoms with E-state index in [0.717, 1.165) is 22.5 Å². The standard InChI is InChI=1S/C21H19ClN6O2/c1-27(2)14-9-7-13(8-10-14)21-23-20(25-30-21)19-17-12-29-18(11-28(17)26-24-19)15-5-3-4-6-16(15)22/h3-10,18H,11-12H2,1-2H3/t18-/m0/s1. The molecular formula is C21H19ClN6O2. The van der Waals surface area contributed by atoms with Crippen molar-refractivity contribution in [1.29, 1.82) is 0 Å². The van der Waals surface area contributed by atoms with Gasteiger partial charge in [-0.15, -0.1) is 5.10 Å². The van der Waals surface area contributed by atoms with E-state index in [1.54, 1.807) is 0 Å². The predicted molar refractivity (Wildman–Crippen MR) is 112 cm³/mol. The lowest BCUT2D eigenvalue weighted by Gasteiger charge is -2.24. The number of ether oxygens (including phenoxy) is 1. The Balaban J connectivity index is 1.39. The van der Waals surface area contributed by atoms with E-state index >= 15 is 0 Å². The van der Waals surface area contributed by atoms with E-state index in [0.29, 0.717) is 35.6 Å². The molecule has 2 aromatic carbocycles. The van der Waals surface area contributed by atoms with Gasteiger partial charge in [0.2, 0.25) is 5.82 Å². The van der Waals surface area contributed by atoms with Crippen LogP contribution in [-0.4, -0.2) is 39.2 Å². The van der Waals surface area contributed by atoms with Gasteiger partial charge in [-0.2, -0.15) is 4.98 Å². The highest BCUT2D eigenvalue weighted by molar-refractivity contribution is 6.31. The predicted octanol–water partition coefficient (Wildman–Crippen LogP) is 3.99. The van der Waals surface area contributed by atoms with Gasteiger partial charge in [0.05, 0.1) is 18.8 Å². The minimum atomic E-state index is -0.184. The van der Waals surface area contributed by atoms with Crippen LogP contribution in [0, 0.1) is 0 Å². The first-order chi connectivity index (χ1) is 14.6. The van der Waals surface area contributed by atoms with Crippen molar-refractivity contribution in [3.63, 3.8) is 0 Å². The number of fused-ring (bicyclic) bond motifs is 1. The van der Waals surface area contributed by atoms with Gasteiger partial charge in [-0.3, -0.25) is 0 Å². The Hall–Kier alpha value is -3.23. The van der Waals surface area contributed by atoms with E-state index in [-0.39, 0.29) is 6.10 Å². The topological polar surface area (TPSA) is 82.1 Å². The molecule has 0 amide bonds. The Morgan fingerprint density at radius 3 is 2.67 bits per heavy atom. The summed E-state index contributed by atoms with van der Waals surface area (Å²) in [4.78, 5) is 6.54. The fourth-order valence-corrected chi connectivity index (χ4v) is 3.71. The van der Waals surface area contributed by atoms with Crippen molar-refractivity contribution in [2.45, 2.75) is 19.3 Å². The van der Waals surface area contributed by atoms with E-state index in [1.807, 2.05) is 72.2 Å². The van der Waals surface area contributed by atoms with Crippen molar-refractivity contribution >= 4 is 17.3 Å². The molecule has 0 aliphatic carbocycles. The number of rotatable bonds is 4. The Bertz CT molecular complexity index is 1180. The van der Waals surface area contributed by atoms with Crippen LogP contribution in [0.15, 0.2) is 53.1 Å². The second-order valence-electron chi connectivity index (χ2n) is 7.25. The highest BCUT2D eigenvalue weighted by Gasteiger charge is 2.28. The van der Waals surface area contributed by atoms with Gasteiger partial charge in [0.15, 0.2) is 5.69 Å². The van der Waals surface area contributed by atoms with E-state index in [2.05, 4.69) is 20.5 Å². The number of nitrogens with zero attached hydrogens (tertiary/aromatic N) is 6. The third kappa shape index (κ3) is 3.34. The number of benzene rings is 2. The van der Waals surface area contributed by atoms with Crippen molar-refractivity contribution in [3.05, 3.63) is 64.8 Å². The molecule has 1 aliphatic rings. The maximum Gasteiger partial charge on any atom is 0.258 e. The number of hydrogen-bond donors (Lipinski definition) is 0. The normalized spacial score (nSPS) is 15.8. The molecule has 152 valence electrons. The summed E-state index contributed by atoms with van der Waals surface area (Å²) in [5, 5.41) is 13.3. The molecule has 3 heterocycles. The van der Waals surface area contributed by atoms with Crippen LogP contribution in [-0.2, 0) is 17.9 Å². The molecule has 1 atom stereocenters. The van der Waals surface area contributed by atoms with Crippen LogP contribution in [0.2, 0.25) is 5.02 Å². The van der Waals surface area contributed by atoms with E-state index < -0.39 is 0 Å². The number of halogens is 1. The lowest BCUT2D eigenvalue weighted by atomic mass is 10.1. The summed E-state index contributed by atoms with van der Waals surface area (Å²) < 4.78 is 13.3. The largest absolute Gasteiger partial charge is 0.378 e. The molecule has 1 aliphatic heterocycles. The van der Waals surface area contributed by atoms with Gasteiger partial charge in [-0.25, -0.2) is 4.68 Å². The molecule has 4 aromatic rings. The first kappa shape index (κ1) is 18.8. The maximum atomic E-state index is 6.31. The third-order valence-electron chi connectivity index (χ3n) is 5.12. The van der Waals surface area contributed by atoms with Crippen molar-refractivity contribution in [2.24, 2.45) is 0 Å². The second kappa shape index (κ2) is 7.55. The molecule has 30 heavy (non-hydrogen) atoms. The summed E-state index contributed by atoms with van der Waals surface area (Å²) in [5.74, 6) is 0.824. The van der Waals surface area contributed by atoms with Gasteiger partial charge in [0, 0.05) is 35.9 Å². The SMILES string of the molecule is CN(C)c1ccc(-c2nc(-c3nnn4c3CO[C@H](c3ccccc3Cl)C4)no2)cc1. The molecule has 9 heteroatoms. The van der Waals surface area contributed by atoms with Crippen LogP contribution in [0.5, 0.6) is 0 Å². The van der Waals surface area contributed by atoms with Gasteiger partial charge in [0.1, 0.15) is 6.10 Å². The van der Waals surface area contributed by atoms with Crippen LogP contribution in [0.25, 0.3) is 23.0 Å². The van der Waals surface area contributed by atoms with Crippen molar-refractivity contribution < 1.29 is 9.26 Å². The van der Waals surface area contributed by atoms with E-state index in [1.165, 1.54) is 0 Å². The Kier molecular flexibility index (Phi) is 4.72. The smallest absolute Gasteiger partial charge is 0.258 e. The summed E-state index contributed by atoms with van der Waals surface area (Å²) in [5.41, 5.74) is 4.25. The first-order valence-electron chi connectivity index (χ1n) is 9.50. The lowest BCUT2D eigenvalue weighted by Crippen LogP contribution is -2.22. The summed E-state index contributed by atoms with van der Waals surface area (Å²) in [6.45, 7) is 0.850. The first-order valence-corrected chi connectivity index (χ1v) is 9.88. The van der Waals surface area contributed by atoms with Gasteiger partial charge in [-0.1, -0.05) is 40.2 Å². The molecule has 8 nitrogen and oxygen atoms in total. The molecule has 0 saturated heterocycles. The zero-order valence-electron chi connectivity index (χ0n) is 16.5. The molecule has 2 aromatic heterocycles. The zero-order chi connectivity index (χ0) is 20.7. The fourth-order valence-electron chi connectivity index (χ4n) is 3.45. The van der Waals surface area contributed by atoms with E-state index in [4.69, 9.17) is 20.9 Å². The maximum absolute atomic E-state index is 6.31. The monoisotopic (exact) mass is 422 g/mol. The van der Waals surface area contributed by atoms with Crippen molar-refractivity contribution in [3.8, 4) is 23.0 Å². The van der Waals surface area contributed by atoms with Gasteiger partial charge >= 0.3 is 0 Å². The molecule has 0 fully saturated rings. The number of aromatic nitrogens is 5. The molecule has 0 bridgehead atoms. The third-order valence-corrected chi connectivity index (χ3v) is 5.46. The zero-order valence-corrected chi connectivity index (χ0v) is 17.2. The van der Waals surface area contributed by atoms with Gasteiger partial charge in [0.25, 0.3) is 5.89 Å². The molecular weight excluding hydrogens is 404 g/mol. The van der Waals surface area contributed by atoms with Crippen LogP contribution in [0.3, 0.4) is 0 Å². The van der Waals surface area contributed by atoms with E-state index in [9.17, 15) is 0 Å². The fraction of sp³-hybridized carbons (Fsp3) is 0.238. The van der Waals surface area contributed by atoms with Gasteiger partial charge < -0.3 is 14.2 Å². The minimum Gasteiger partial charge on any atom is -0.378 e. The molecule has 0 spiro atoms. The average Bonchev–Trinajstić information content (AvgIpc) is 3.41. The molecule has 5 rings (SSSR count). The number of hydrogen-bond acceptors (Lipinski definition) is 7. The second-order valence-corrected chi connectivity index (χ2v) is 7.66. The van der Waals surface area contributed by atoms with Crippen molar-refractivity contribution in [2.75, 3.05) is 19.0 Å². The molecule has 0 unspecified atom stereocenters. The molecule has 0 radical (unpaired) electrons. The van der Waals surface area contributed by atoms with Crippen LogP contribution in [0.4, 0.5) is 5.69 Å². The lowest BCUT2D eigenvalue weighted by molar-refractivity contribution is -0.00106.